The normalized spacial score (nSPS) is 28.1. The van der Waals surface area contributed by atoms with E-state index in [9.17, 15) is 13.5 Å². The van der Waals surface area contributed by atoms with Crippen LogP contribution in [0.3, 0.4) is 0 Å². The lowest BCUT2D eigenvalue weighted by molar-refractivity contribution is 0.349. The fourth-order valence-electron chi connectivity index (χ4n) is 5.07. The molecule has 0 radical (unpaired) electrons. The zero-order chi connectivity index (χ0) is 22.3. The molecule has 3 aliphatic rings. The number of hydrogen-bond donors (Lipinski definition) is 4. The molecule has 2 fully saturated rings. The Balaban J connectivity index is 1.35. The molecule has 32 heavy (non-hydrogen) atoms. The second-order valence-corrected chi connectivity index (χ2v) is 11.5. The lowest BCUT2D eigenvalue weighted by Crippen LogP contribution is -2.70. The van der Waals surface area contributed by atoms with Crippen molar-refractivity contribution < 1.29 is 13.5 Å². The molecule has 6 rings (SSSR count). The molecule has 3 aromatic rings. The minimum Gasteiger partial charge on any atom is -0.506 e. The Morgan fingerprint density at radius 1 is 1.22 bits per heavy atom. The maximum Gasteiger partial charge on any atom is 0.165 e. The molecule has 1 saturated heterocycles. The summed E-state index contributed by atoms with van der Waals surface area (Å²) in [5, 5.41) is 25.4. The fraction of sp³-hybridized carbons (Fsp3) is 0.364. The van der Waals surface area contributed by atoms with Gasteiger partial charge in [-0.3, -0.25) is 5.41 Å². The molecule has 4 heterocycles. The lowest BCUT2D eigenvalue weighted by Gasteiger charge is -2.52. The molecular formula is C22H22N6O3S. The van der Waals surface area contributed by atoms with Crippen molar-refractivity contribution in [3.8, 4) is 5.75 Å². The second kappa shape index (κ2) is 6.16. The highest BCUT2D eigenvalue weighted by Crippen LogP contribution is 2.51. The summed E-state index contributed by atoms with van der Waals surface area (Å²) in [4.78, 5) is 13.1. The van der Waals surface area contributed by atoms with Crippen molar-refractivity contribution in [1.29, 1.82) is 5.41 Å². The van der Waals surface area contributed by atoms with Crippen LogP contribution >= 0.6 is 0 Å². The number of amidine groups is 1. The number of sulfone groups is 1. The second-order valence-electron chi connectivity index (χ2n) is 9.18. The van der Waals surface area contributed by atoms with E-state index >= 15 is 0 Å². The van der Waals surface area contributed by atoms with Crippen molar-refractivity contribution in [3.63, 3.8) is 0 Å². The van der Waals surface area contributed by atoms with Crippen LogP contribution in [0.4, 0.5) is 11.6 Å². The number of rotatable bonds is 3. The molecule has 9 nitrogen and oxygen atoms in total. The van der Waals surface area contributed by atoms with Gasteiger partial charge in [0.05, 0.1) is 17.5 Å². The van der Waals surface area contributed by atoms with Crippen LogP contribution in [0, 0.1) is 11.3 Å². The average Bonchev–Trinajstić information content (AvgIpc) is 3.58. The highest BCUT2D eigenvalue weighted by Gasteiger charge is 2.62. The molecule has 4 N–H and O–H groups in total. The van der Waals surface area contributed by atoms with E-state index in [1.807, 2.05) is 6.07 Å². The molecule has 10 heteroatoms. The highest BCUT2D eigenvalue weighted by atomic mass is 32.2. The molecule has 164 valence electrons. The number of hydrogen-bond acceptors (Lipinski definition) is 8. The van der Waals surface area contributed by atoms with E-state index in [1.54, 1.807) is 31.5 Å². The molecule has 1 saturated carbocycles. The van der Waals surface area contributed by atoms with Crippen LogP contribution in [0.15, 0.2) is 36.8 Å². The van der Waals surface area contributed by atoms with Crippen molar-refractivity contribution in [2.45, 2.75) is 36.5 Å². The Morgan fingerprint density at radius 3 is 2.78 bits per heavy atom. The summed E-state index contributed by atoms with van der Waals surface area (Å²) < 4.78 is 25.5. The van der Waals surface area contributed by atoms with Gasteiger partial charge >= 0.3 is 0 Å². The van der Waals surface area contributed by atoms with Gasteiger partial charge in [-0.2, -0.15) is 0 Å². The number of anilines is 2. The van der Waals surface area contributed by atoms with E-state index in [2.05, 4.69) is 25.6 Å². The van der Waals surface area contributed by atoms with Crippen LogP contribution in [0.1, 0.15) is 30.9 Å². The van der Waals surface area contributed by atoms with E-state index in [4.69, 9.17) is 5.41 Å². The number of nitrogens with one attached hydrogen (secondary N) is 3. The zero-order valence-electron chi connectivity index (χ0n) is 17.4. The Bertz CT molecular complexity index is 1420. The average molecular weight is 451 g/mol. The van der Waals surface area contributed by atoms with E-state index in [1.165, 1.54) is 6.20 Å². The largest absolute Gasteiger partial charge is 0.506 e. The summed E-state index contributed by atoms with van der Waals surface area (Å²) in [7, 11) is -3.50. The van der Waals surface area contributed by atoms with Crippen molar-refractivity contribution in [2.75, 3.05) is 11.1 Å². The van der Waals surface area contributed by atoms with Crippen LogP contribution in [-0.4, -0.2) is 44.8 Å². The first-order valence-corrected chi connectivity index (χ1v) is 12.2. The van der Waals surface area contributed by atoms with E-state index < -0.39 is 20.1 Å². The van der Waals surface area contributed by atoms with Gasteiger partial charge in [0.15, 0.2) is 15.7 Å². The van der Waals surface area contributed by atoms with Gasteiger partial charge in [-0.05, 0) is 55.0 Å². The van der Waals surface area contributed by atoms with Gasteiger partial charge in [0.25, 0.3) is 0 Å². The van der Waals surface area contributed by atoms with E-state index in [0.717, 1.165) is 29.4 Å². The van der Waals surface area contributed by atoms with Crippen molar-refractivity contribution in [3.05, 3.63) is 47.9 Å². The smallest absolute Gasteiger partial charge is 0.165 e. The van der Waals surface area contributed by atoms with Gasteiger partial charge < -0.3 is 15.7 Å². The Hall–Kier alpha value is -3.27. The standard InChI is InChI=1S/C22H22N6O3S/c1-21(14-2-3-14)20(23)28-22(11-32(21,30)31)8-13-9-25-17(7-16(13)22)27-19-18-12(4-5-24-19)6-15(29)10-26-18/h4-7,9-10,14,29H,2-3,8,11H2,1H3,(H2,23,28)(H,24,25,27)/t21-,22-/m0/s1. The quantitative estimate of drug-likeness (QED) is 0.477. The summed E-state index contributed by atoms with van der Waals surface area (Å²) >= 11 is 0. The molecule has 0 unspecified atom stereocenters. The fourth-order valence-corrected chi connectivity index (χ4v) is 7.46. The maximum atomic E-state index is 13.3. The minimum atomic E-state index is -3.50. The van der Waals surface area contributed by atoms with Crippen molar-refractivity contribution in [1.82, 2.24) is 20.3 Å². The van der Waals surface area contributed by atoms with Crippen LogP contribution in [0.5, 0.6) is 5.75 Å². The highest BCUT2D eigenvalue weighted by molar-refractivity contribution is 7.93. The van der Waals surface area contributed by atoms with Gasteiger partial charge in [-0.1, -0.05) is 0 Å². The predicted molar refractivity (Wildman–Crippen MR) is 120 cm³/mol. The van der Waals surface area contributed by atoms with Gasteiger partial charge in [0, 0.05) is 24.2 Å². The van der Waals surface area contributed by atoms with Crippen LogP contribution in [0.25, 0.3) is 10.9 Å². The number of fused-ring (bicyclic) bond motifs is 3. The van der Waals surface area contributed by atoms with Gasteiger partial charge in [-0.25, -0.2) is 23.4 Å². The third kappa shape index (κ3) is 2.59. The molecule has 0 bridgehead atoms. The summed E-state index contributed by atoms with van der Waals surface area (Å²) in [6, 6.07) is 5.19. The monoisotopic (exact) mass is 450 g/mol. The van der Waals surface area contributed by atoms with Crippen LogP contribution in [0.2, 0.25) is 0 Å². The summed E-state index contributed by atoms with van der Waals surface area (Å²) in [5.41, 5.74) is 1.60. The predicted octanol–water partition coefficient (Wildman–Crippen LogP) is 2.39. The molecule has 2 aliphatic carbocycles. The molecule has 1 spiro atoms. The van der Waals surface area contributed by atoms with E-state index in [-0.39, 0.29) is 23.3 Å². The molecule has 2 atom stereocenters. The molecule has 3 aromatic heterocycles. The Morgan fingerprint density at radius 2 is 2.03 bits per heavy atom. The van der Waals surface area contributed by atoms with Crippen LogP contribution < -0.4 is 10.6 Å². The molecule has 0 amide bonds. The number of aromatic hydroxyl groups is 1. The van der Waals surface area contributed by atoms with Gasteiger partial charge in [0.2, 0.25) is 0 Å². The number of aromatic nitrogens is 3. The maximum absolute atomic E-state index is 13.3. The molecule has 0 aromatic carbocycles. The minimum absolute atomic E-state index is 0.0286. The summed E-state index contributed by atoms with van der Waals surface area (Å²) in [6.45, 7) is 1.69. The van der Waals surface area contributed by atoms with Crippen molar-refractivity contribution in [2.24, 2.45) is 5.92 Å². The first-order chi connectivity index (χ1) is 15.2. The summed E-state index contributed by atoms with van der Waals surface area (Å²) in [5.74, 6) is 1.17. The number of nitrogens with zero attached hydrogens (tertiary/aromatic N) is 3. The summed E-state index contributed by atoms with van der Waals surface area (Å²) in [6.07, 6.45) is 6.93. The molecule has 1 aliphatic heterocycles. The lowest BCUT2D eigenvalue weighted by atomic mass is 9.72. The van der Waals surface area contributed by atoms with E-state index in [0.29, 0.717) is 23.6 Å². The van der Waals surface area contributed by atoms with Crippen molar-refractivity contribution >= 4 is 38.2 Å². The molecular weight excluding hydrogens is 428 g/mol. The zero-order valence-corrected chi connectivity index (χ0v) is 18.2. The Labute approximate surface area is 184 Å². The first-order valence-electron chi connectivity index (χ1n) is 10.5. The number of pyridine rings is 3. The third-order valence-electron chi connectivity index (χ3n) is 7.13. The Kier molecular flexibility index (Phi) is 3.74. The van der Waals surface area contributed by atoms with Gasteiger partial charge in [0.1, 0.15) is 27.7 Å². The SMILES string of the molecule is C[C@]1(C2CC2)C(=N)N[C@@]2(Cc3cnc(Nc4nccc5cc(O)cnc45)cc32)CS1(=O)=O. The van der Waals surface area contributed by atoms with Gasteiger partial charge in [-0.15, -0.1) is 0 Å². The first kappa shape index (κ1) is 19.4. The van der Waals surface area contributed by atoms with Crippen LogP contribution in [-0.2, 0) is 21.8 Å². The topological polar surface area (TPSA) is 141 Å². The third-order valence-corrected chi connectivity index (χ3v) is 9.83.